The average molecular weight is 168 g/mol. The van der Waals surface area contributed by atoms with Crippen LogP contribution in [0.5, 0.6) is 0 Å². The normalized spacial score (nSPS) is 14.2. The first-order valence-electron chi connectivity index (χ1n) is 2.06. The van der Waals surface area contributed by atoms with Gasteiger partial charge in [-0.2, -0.15) is 4.89 Å². The van der Waals surface area contributed by atoms with Crippen LogP contribution < -0.4 is 0 Å². The molecule has 0 saturated carbocycles. The molecule has 0 saturated heterocycles. The number of hydrogen-bond donors (Lipinski definition) is 1. The van der Waals surface area contributed by atoms with Crippen molar-refractivity contribution in [3.63, 3.8) is 0 Å². The van der Waals surface area contributed by atoms with Crippen LogP contribution in [0.15, 0.2) is 12.7 Å². The van der Waals surface area contributed by atoms with Gasteiger partial charge in [0.1, 0.15) is 0 Å². The molecule has 0 aromatic carbocycles. The number of halogens is 1. The highest BCUT2D eigenvalue weighted by atomic mass is 35.5. The van der Waals surface area contributed by atoms with Crippen molar-refractivity contribution >= 4 is 24.9 Å². The Morgan fingerprint density at radius 1 is 1.89 bits per heavy atom. The van der Waals surface area contributed by atoms with Crippen molar-refractivity contribution in [2.24, 2.45) is 0 Å². The van der Waals surface area contributed by atoms with Crippen molar-refractivity contribution < 1.29 is 14.3 Å². The summed E-state index contributed by atoms with van der Waals surface area (Å²) in [4.78, 5) is 18.5. The van der Waals surface area contributed by atoms with Gasteiger partial charge in [-0.15, -0.1) is 0 Å². The Bertz CT molecular complexity index is 142. The van der Waals surface area contributed by atoms with Gasteiger partial charge in [-0.05, 0) is 22.2 Å². The van der Waals surface area contributed by atoms with Crippen molar-refractivity contribution in [1.82, 2.24) is 0 Å². The molecule has 3 nitrogen and oxygen atoms in total. The zero-order valence-corrected chi connectivity index (χ0v) is 6.10. The minimum absolute atomic E-state index is 0.853. The summed E-state index contributed by atoms with van der Waals surface area (Å²) in [5.41, 5.74) is -1.12. The van der Waals surface area contributed by atoms with Gasteiger partial charge in [0.05, 0.1) is 0 Å². The monoisotopic (exact) mass is 167 g/mol. The molecule has 5 heteroatoms. The smallest absolute Gasteiger partial charge is 0.276 e. The van der Waals surface area contributed by atoms with E-state index in [0.717, 1.165) is 6.08 Å². The lowest BCUT2D eigenvalue weighted by atomic mass is 10.5. The van der Waals surface area contributed by atoms with Crippen molar-refractivity contribution in [1.29, 1.82) is 0 Å². The predicted octanol–water partition coefficient (Wildman–Crippen LogP) is 1.04. The fraction of sp³-hybridized carbons (Fsp3) is 0.250. The van der Waals surface area contributed by atoms with E-state index in [1.54, 1.807) is 0 Å². The quantitative estimate of drug-likeness (QED) is 0.388. The topological polar surface area (TPSA) is 54.4 Å². The van der Waals surface area contributed by atoms with Gasteiger partial charge >= 0.3 is 8.03 Å². The second-order valence-electron chi connectivity index (χ2n) is 1.29. The molecule has 0 aromatic heterocycles. The summed E-state index contributed by atoms with van der Waals surface area (Å²) >= 11 is 4.88. The standard InChI is InChI=1S/C4H4ClO3P/c1-2-3(4(5)6)9(7)8/h2-3H,1H2/p+1. The Labute approximate surface area is 58.2 Å². The fourth-order valence-electron chi connectivity index (χ4n) is 0.270. The molecule has 2 atom stereocenters. The first-order valence-corrected chi connectivity index (χ1v) is 3.72. The molecule has 0 aromatic rings. The van der Waals surface area contributed by atoms with E-state index in [2.05, 4.69) is 6.58 Å². The van der Waals surface area contributed by atoms with Crippen molar-refractivity contribution in [3.05, 3.63) is 12.7 Å². The second-order valence-corrected chi connectivity index (χ2v) is 2.82. The minimum atomic E-state index is -2.55. The van der Waals surface area contributed by atoms with Gasteiger partial charge in [-0.25, -0.2) is 0 Å². The van der Waals surface area contributed by atoms with Gasteiger partial charge in [0.25, 0.3) is 10.9 Å². The van der Waals surface area contributed by atoms with Crippen molar-refractivity contribution in [2.75, 3.05) is 0 Å². The van der Waals surface area contributed by atoms with E-state index >= 15 is 0 Å². The zero-order valence-electron chi connectivity index (χ0n) is 4.45. The highest BCUT2D eigenvalue weighted by Gasteiger charge is 2.31. The molecule has 0 aliphatic rings. The summed E-state index contributed by atoms with van der Waals surface area (Å²) in [6.45, 7) is 3.15. The van der Waals surface area contributed by atoms with E-state index in [1.165, 1.54) is 0 Å². The summed E-state index contributed by atoms with van der Waals surface area (Å²) in [6, 6.07) is 0. The number of rotatable bonds is 3. The highest BCUT2D eigenvalue weighted by Crippen LogP contribution is 2.24. The zero-order chi connectivity index (χ0) is 7.44. The molecular formula is C4H5ClO3P+. The molecule has 0 radical (unpaired) electrons. The first kappa shape index (κ1) is 8.76. The summed E-state index contributed by atoms with van der Waals surface area (Å²) in [5.74, 6) is 0. The molecule has 0 bridgehead atoms. The van der Waals surface area contributed by atoms with Crippen molar-refractivity contribution in [2.45, 2.75) is 5.66 Å². The maximum absolute atomic E-state index is 10.2. The third-order valence-corrected chi connectivity index (χ3v) is 2.00. The third-order valence-electron chi connectivity index (χ3n) is 0.694. The molecule has 0 aliphatic heterocycles. The molecule has 9 heavy (non-hydrogen) atoms. The Balaban J connectivity index is 4.16. The molecular weight excluding hydrogens is 162 g/mol. The van der Waals surface area contributed by atoms with Gasteiger partial charge in [-0.1, -0.05) is 6.58 Å². The lowest BCUT2D eigenvalue weighted by Crippen LogP contribution is -2.05. The molecule has 0 heterocycles. The average Bonchev–Trinajstić information content (AvgIpc) is 1.64. The number of carbonyl (C=O) groups excluding carboxylic acids is 1. The molecule has 50 valence electrons. The summed E-state index contributed by atoms with van der Waals surface area (Å²) in [7, 11) is -2.55. The fourth-order valence-corrected chi connectivity index (χ4v) is 0.963. The predicted molar refractivity (Wildman–Crippen MR) is 34.7 cm³/mol. The van der Waals surface area contributed by atoms with Gasteiger partial charge in [-0.3, -0.25) is 4.79 Å². The Morgan fingerprint density at radius 3 is 2.33 bits per heavy atom. The maximum Gasteiger partial charge on any atom is 0.522 e. The van der Waals surface area contributed by atoms with Crippen LogP contribution in [0.4, 0.5) is 0 Å². The number of carbonyl (C=O) groups is 1. The third kappa shape index (κ3) is 2.70. The maximum atomic E-state index is 10.2. The van der Waals surface area contributed by atoms with E-state index in [1.807, 2.05) is 0 Å². The molecule has 0 aliphatic carbocycles. The van der Waals surface area contributed by atoms with E-state index in [9.17, 15) is 9.36 Å². The first-order chi connectivity index (χ1) is 4.09. The SMILES string of the molecule is C=CC(C(=O)Cl)[P+](=O)O. The van der Waals surface area contributed by atoms with Crippen LogP contribution in [0.2, 0.25) is 0 Å². The Morgan fingerprint density at radius 2 is 2.33 bits per heavy atom. The lowest BCUT2D eigenvalue weighted by Gasteiger charge is -1.84. The Kier molecular flexibility index (Phi) is 3.62. The molecule has 0 fully saturated rings. The van der Waals surface area contributed by atoms with Crippen LogP contribution in [-0.2, 0) is 9.36 Å². The minimum Gasteiger partial charge on any atom is -0.276 e. The van der Waals surface area contributed by atoms with E-state index < -0.39 is 18.9 Å². The van der Waals surface area contributed by atoms with Crippen LogP contribution in [0, 0.1) is 0 Å². The van der Waals surface area contributed by atoms with Crippen LogP contribution in [0.3, 0.4) is 0 Å². The van der Waals surface area contributed by atoms with Gasteiger partial charge in [0.15, 0.2) is 0 Å². The summed E-state index contributed by atoms with van der Waals surface area (Å²) < 4.78 is 10.1. The van der Waals surface area contributed by atoms with Gasteiger partial charge in [0, 0.05) is 0 Å². The van der Waals surface area contributed by atoms with E-state index in [4.69, 9.17) is 16.5 Å². The highest BCUT2D eigenvalue weighted by molar-refractivity contribution is 7.41. The largest absolute Gasteiger partial charge is 0.522 e. The summed E-state index contributed by atoms with van der Waals surface area (Å²) in [6.07, 6.45) is 1.05. The molecule has 1 N–H and O–H groups in total. The second kappa shape index (κ2) is 3.72. The Hall–Kier alpha value is -0.240. The molecule has 0 rings (SSSR count). The van der Waals surface area contributed by atoms with E-state index in [-0.39, 0.29) is 0 Å². The number of hydrogen-bond acceptors (Lipinski definition) is 2. The van der Waals surface area contributed by atoms with Gasteiger partial charge in [0.2, 0.25) is 0 Å². The van der Waals surface area contributed by atoms with Crippen LogP contribution in [-0.4, -0.2) is 15.8 Å². The number of allylic oxidation sites excluding steroid dienone is 1. The van der Waals surface area contributed by atoms with Crippen molar-refractivity contribution in [3.8, 4) is 0 Å². The van der Waals surface area contributed by atoms with E-state index in [0.29, 0.717) is 0 Å². The van der Waals surface area contributed by atoms with Crippen LogP contribution in [0.1, 0.15) is 0 Å². The lowest BCUT2D eigenvalue weighted by molar-refractivity contribution is -0.110. The molecule has 0 spiro atoms. The molecule has 0 amide bonds. The molecule has 2 unspecified atom stereocenters. The van der Waals surface area contributed by atoms with Gasteiger partial charge < -0.3 is 0 Å². The summed E-state index contributed by atoms with van der Waals surface area (Å²) in [5, 5.41) is -0.853. The van der Waals surface area contributed by atoms with Crippen LogP contribution in [0.25, 0.3) is 0 Å². The van der Waals surface area contributed by atoms with Crippen LogP contribution >= 0.6 is 19.6 Å².